The van der Waals surface area contributed by atoms with Crippen LogP contribution in [0.5, 0.6) is 0 Å². The van der Waals surface area contributed by atoms with Crippen LogP contribution in [-0.2, 0) is 24.4 Å². The summed E-state index contributed by atoms with van der Waals surface area (Å²) in [7, 11) is 0. The van der Waals surface area contributed by atoms with Crippen molar-refractivity contribution in [2.24, 2.45) is 0 Å². The topological polar surface area (TPSA) is 73.1 Å². The maximum absolute atomic E-state index is 13.5. The van der Waals surface area contributed by atoms with E-state index in [1.807, 2.05) is 17.5 Å². The van der Waals surface area contributed by atoms with Gasteiger partial charge in [-0.3, -0.25) is 14.2 Å². The molecule has 6 nitrogen and oxygen atoms in total. The third-order valence-corrected chi connectivity index (χ3v) is 6.18. The second-order valence-electron chi connectivity index (χ2n) is 6.38. The van der Waals surface area contributed by atoms with Crippen LogP contribution < -0.4 is 16.6 Å². The van der Waals surface area contributed by atoms with E-state index in [4.69, 9.17) is 0 Å². The number of benzene rings is 1. The zero-order valence-corrected chi connectivity index (χ0v) is 16.8. The van der Waals surface area contributed by atoms with Gasteiger partial charge in [0.25, 0.3) is 5.56 Å². The molecular formula is C20H16FN3O3S2. The predicted octanol–water partition coefficient (Wildman–Crippen LogP) is 2.79. The number of hydrogen-bond acceptors (Lipinski definition) is 5. The smallest absolute Gasteiger partial charge is 0.332 e. The van der Waals surface area contributed by atoms with Crippen molar-refractivity contribution in [3.63, 3.8) is 0 Å². The van der Waals surface area contributed by atoms with Gasteiger partial charge in [-0.1, -0.05) is 18.2 Å². The van der Waals surface area contributed by atoms with E-state index in [0.717, 1.165) is 9.44 Å². The fourth-order valence-corrected chi connectivity index (χ4v) is 4.53. The van der Waals surface area contributed by atoms with E-state index in [0.29, 0.717) is 22.3 Å². The number of nitrogens with one attached hydrogen (secondary N) is 1. The van der Waals surface area contributed by atoms with Gasteiger partial charge in [-0.25, -0.2) is 13.8 Å². The number of halogens is 1. The zero-order valence-electron chi connectivity index (χ0n) is 15.1. The van der Waals surface area contributed by atoms with Crippen LogP contribution >= 0.6 is 22.7 Å². The van der Waals surface area contributed by atoms with E-state index < -0.39 is 23.0 Å². The maximum Gasteiger partial charge on any atom is 0.332 e. The quantitative estimate of drug-likeness (QED) is 0.512. The second-order valence-corrected chi connectivity index (χ2v) is 8.33. The Kier molecular flexibility index (Phi) is 5.41. The van der Waals surface area contributed by atoms with Crippen molar-refractivity contribution >= 4 is 38.8 Å². The average molecular weight is 429 g/mol. The Hall–Kier alpha value is -3.04. The third-order valence-electron chi connectivity index (χ3n) is 4.41. The highest BCUT2D eigenvalue weighted by molar-refractivity contribution is 7.17. The van der Waals surface area contributed by atoms with Gasteiger partial charge in [-0.05, 0) is 40.6 Å². The molecule has 1 N–H and O–H groups in total. The highest BCUT2D eigenvalue weighted by atomic mass is 32.1. The summed E-state index contributed by atoms with van der Waals surface area (Å²) in [6.45, 7) is 0.0604. The molecule has 9 heteroatoms. The lowest BCUT2D eigenvalue weighted by Gasteiger charge is -2.12. The van der Waals surface area contributed by atoms with Crippen molar-refractivity contribution in [3.05, 3.63) is 90.3 Å². The standard InChI is InChI=1S/C20H16FN3O3S2/c21-14-4-1-3-13(9-14)11-23-16-6-8-29-18(16)19(26)24(20(23)27)12-17(25)22-10-15-5-2-7-28-15/h1-9H,10-12H2,(H,22,25). The molecule has 0 spiro atoms. The molecule has 1 amide bonds. The van der Waals surface area contributed by atoms with Gasteiger partial charge in [0.2, 0.25) is 5.91 Å². The SMILES string of the molecule is O=C(Cn1c(=O)c2sccc2n(Cc2cccc(F)c2)c1=O)NCc1cccs1. The first kappa shape index (κ1) is 19.3. The van der Waals surface area contributed by atoms with Crippen LogP contribution in [0, 0.1) is 5.82 Å². The first-order chi connectivity index (χ1) is 14.0. The van der Waals surface area contributed by atoms with Crippen LogP contribution in [0.15, 0.2) is 62.8 Å². The average Bonchev–Trinajstić information content (AvgIpc) is 3.39. The van der Waals surface area contributed by atoms with Gasteiger partial charge in [-0.2, -0.15) is 0 Å². The normalized spacial score (nSPS) is 11.1. The largest absolute Gasteiger partial charge is 0.350 e. The molecule has 0 radical (unpaired) electrons. The van der Waals surface area contributed by atoms with Crippen molar-refractivity contribution in [3.8, 4) is 0 Å². The van der Waals surface area contributed by atoms with Gasteiger partial charge in [-0.15, -0.1) is 22.7 Å². The molecule has 0 unspecified atom stereocenters. The highest BCUT2D eigenvalue weighted by Crippen LogP contribution is 2.17. The number of aromatic nitrogens is 2. The summed E-state index contributed by atoms with van der Waals surface area (Å²) in [5.74, 6) is -0.829. The molecule has 3 aromatic heterocycles. The summed E-state index contributed by atoms with van der Waals surface area (Å²) in [5.41, 5.74) is -0.0327. The monoisotopic (exact) mass is 429 g/mol. The maximum atomic E-state index is 13.5. The van der Waals surface area contributed by atoms with E-state index >= 15 is 0 Å². The number of fused-ring (bicyclic) bond motifs is 1. The third kappa shape index (κ3) is 4.06. The lowest BCUT2D eigenvalue weighted by molar-refractivity contribution is -0.121. The zero-order chi connectivity index (χ0) is 20.4. The van der Waals surface area contributed by atoms with Gasteiger partial charge in [0, 0.05) is 4.88 Å². The number of nitrogens with zero attached hydrogens (tertiary/aromatic N) is 2. The van der Waals surface area contributed by atoms with E-state index in [9.17, 15) is 18.8 Å². The summed E-state index contributed by atoms with van der Waals surface area (Å²) in [6.07, 6.45) is 0. The van der Waals surface area contributed by atoms with Crippen molar-refractivity contribution in [1.29, 1.82) is 0 Å². The molecule has 0 fully saturated rings. The van der Waals surface area contributed by atoms with E-state index in [1.165, 1.54) is 39.4 Å². The minimum atomic E-state index is -0.601. The predicted molar refractivity (Wildman–Crippen MR) is 112 cm³/mol. The first-order valence-electron chi connectivity index (χ1n) is 8.77. The molecule has 4 rings (SSSR count). The lowest BCUT2D eigenvalue weighted by Crippen LogP contribution is -2.43. The fraction of sp³-hybridized carbons (Fsp3) is 0.150. The van der Waals surface area contributed by atoms with Crippen LogP contribution in [0.1, 0.15) is 10.4 Å². The van der Waals surface area contributed by atoms with Crippen LogP contribution in [0.3, 0.4) is 0 Å². The molecule has 0 aliphatic heterocycles. The number of carbonyl (C=O) groups is 1. The molecule has 0 saturated heterocycles. The van der Waals surface area contributed by atoms with Crippen LogP contribution in [-0.4, -0.2) is 15.0 Å². The Labute approximate surface area is 172 Å². The summed E-state index contributed by atoms with van der Waals surface area (Å²) < 4.78 is 16.3. The summed E-state index contributed by atoms with van der Waals surface area (Å²) >= 11 is 2.71. The van der Waals surface area contributed by atoms with E-state index in [2.05, 4.69) is 5.32 Å². The molecule has 3 heterocycles. The Morgan fingerprint density at radius 2 is 1.90 bits per heavy atom. The Morgan fingerprint density at radius 3 is 2.66 bits per heavy atom. The minimum absolute atomic E-state index is 0.0981. The highest BCUT2D eigenvalue weighted by Gasteiger charge is 2.17. The fourth-order valence-electron chi connectivity index (χ4n) is 3.04. The molecule has 0 aliphatic carbocycles. The lowest BCUT2D eigenvalue weighted by atomic mass is 10.2. The number of amides is 1. The first-order valence-corrected chi connectivity index (χ1v) is 10.5. The number of carbonyl (C=O) groups excluding carboxylic acids is 1. The van der Waals surface area contributed by atoms with Gasteiger partial charge in [0.15, 0.2) is 0 Å². The summed E-state index contributed by atoms with van der Waals surface area (Å²) in [4.78, 5) is 39.1. The molecule has 29 heavy (non-hydrogen) atoms. The van der Waals surface area contributed by atoms with Crippen molar-refractivity contribution in [2.75, 3.05) is 0 Å². The molecule has 0 atom stereocenters. The molecule has 4 aromatic rings. The van der Waals surface area contributed by atoms with Crippen molar-refractivity contribution in [2.45, 2.75) is 19.6 Å². The van der Waals surface area contributed by atoms with Gasteiger partial charge in [0.05, 0.1) is 18.6 Å². The second kappa shape index (κ2) is 8.14. The minimum Gasteiger partial charge on any atom is -0.350 e. The Morgan fingerprint density at radius 1 is 1.03 bits per heavy atom. The van der Waals surface area contributed by atoms with Crippen LogP contribution in [0.25, 0.3) is 10.2 Å². The van der Waals surface area contributed by atoms with Crippen molar-refractivity contribution < 1.29 is 9.18 Å². The Balaban J connectivity index is 1.67. The van der Waals surface area contributed by atoms with Crippen LogP contribution in [0.4, 0.5) is 4.39 Å². The molecular weight excluding hydrogens is 413 g/mol. The number of rotatable bonds is 6. The Bertz CT molecular complexity index is 1290. The number of thiophene rings is 2. The van der Waals surface area contributed by atoms with Gasteiger partial charge in [0.1, 0.15) is 17.1 Å². The van der Waals surface area contributed by atoms with Gasteiger partial charge < -0.3 is 5.32 Å². The molecule has 1 aromatic carbocycles. The molecule has 148 valence electrons. The van der Waals surface area contributed by atoms with E-state index in [1.54, 1.807) is 23.6 Å². The molecule has 0 saturated carbocycles. The molecule has 0 aliphatic rings. The van der Waals surface area contributed by atoms with E-state index in [-0.39, 0.29) is 13.1 Å². The summed E-state index contributed by atoms with van der Waals surface area (Å²) in [6, 6.07) is 11.4. The summed E-state index contributed by atoms with van der Waals surface area (Å²) in [5, 5.41) is 6.35. The number of hydrogen-bond donors (Lipinski definition) is 1. The van der Waals surface area contributed by atoms with Crippen molar-refractivity contribution in [1.82, 2.24) is 14.5 Å². The van der Waals surface area contributed by atoms with Gasteiger partial charge >= 0.3 is 5.69 Å². The molecule has 0 bridgehead atoms. The van der Waals surface area contributed by atoms with Crippen LogP contribution in [0.2, 0.25) is 0 Å².